The van der Waals surface area contributed by atoms with Gasteiger partial charge in [-0.15, -0.1) is 0 Å². The van der Waals surface area contributed by atoms with Crippen molar-refractivity contribution in [3.8, 4) is 0 Å². The van der Waals surface area contributed by atoms with Gasteiger partial charge in [0.2, 0.25) is 9.04 Å². The molecule has 0 bridgehead atoms. The van der Waals surface area contributed by atoms with Crippen molar-refractivity contribution in [2.45, 2.75) is 11.1 Å². The second kappa shape index (κ2) is 6.44. The number of allylic oxidation sites excluding steroid dienone is 2. The predicted molar refractivity (Wildman–Crippen MR) is 90.3 cm³/mol. The van der Waals surface area contributed by atoms with E-state index in [4.69, 9.17) is 4.43 Å². The molecule has 105 valence electrons. The van der Waals surface area contributed by atoms with Crippen molar-refractivity contribution in [2.75, 3.05) is 7.11 Å². The molecule has 1 nitrogen and oxygen atoms in total. The summed E-state index contributed by atoms with van der Waals surface area (Å²) >= 11 is 0. The summed E-state index contributed by atoms with van der Waals surface area (Å²) < 4.78 is 6.03. The van der Waals surface area contributed by atoms with Crippen LogP contribution in [0.4, 0.5) is 0 Å². The maximum absolute atomic E-state index is 6.03. The Kier molecular flexibility index (Phi) is 4.56. The zero-order chi connectivity index (χ0) is 14.2. The topological polar surface area (TPSA) is 9.23 Å². The Morgan fingerprint density at radius 1 is 0.818 bits per heavy atom. The van der Waals surface area contributed by atoms with E-state index in [0.717, 1.165) is 0 Å². The second-order valence-electron chi connectivity index (χ2n) is 5.54. The van der Waals surface area contributed by atoms with Gasteiger partial charge in [-0.3, -0.25) is 0 Å². The third-order valence-electron chi connectivity index (χ3n) is 4.45. The van der Waals surface area contributed by atoms with Crippen LogP contribution in [0.15, 0.2) is 60.7 Å². The van der Waals surface area contributed by atoms with E-state index in [1.807, 2.05) is 7.11 Å². The Bertz CT molecular complexity index is 682. The van der Waals surface area contributed by atoms with Crippen molar-refractivity contribution in [3.05, 3.63) is 82.9 Å². The average Bonchev–Trinajstić information content (AvgIpc) is 3.14. The van der Waals surface area contributed by atoms with Crippen LogP contribution in [0.3, 0.4) is 0 Å². The van der Waals surface area contributed by atoms with Gasteiger partial charge in [0.25, 0.3) is 0 Å². The van der Waals surface area contributed by atoms with Crippen LogP contribution in [0.2, 0.25) is 0 Å². The maximum atomic E-state index is 6.03. The van der Waals surface area contributed by atoms with Gasteiger partial charge in [0.05, 0.1) is 0 Å². The molecule has 0 saturated heterocycles. The molecule has 0 aliphatic heterocycles. The Morgan fingerprint density at radius 3 is 1.73 bits per heavy atom. The van der Waals surface area contributed by atoms with E-state index in [0.29, 0.717) is 11.1 Å². The first kappa shape index (κ1) is 15.6. The summed E-state index contributed by atoms with van der Waals surface area (Å²) in [6.45, 7) is 0. The SMILES string of the molecule is CO[Si](C1C=Cc2ccccc21)C1C=Cc2ccccc21.[H-].[Li+]. The van der Waals surface area contributed by atoms with Crippen molar-refractivity contribution in [2.24, 2.45) is 0 Å². The van der Waals surface area contributed by atoms with Crippen LogP contribution in [-0.2, 0) is 4.43 Å². The molecule has 1 radical (unpaired) electrons. The largest absolute Gasteiger partial charge is 1.00 e. The smallest absolute Gasteiger partial charge is 1.00 e. The van der Waals surface area contributed by atoms with Gasteiger partial charge in [0, 0.05) is 18.2 Å². The summed E-state index contributed by atoms with van der Waals surface area (Å²) in [5.41, 5.74) is 6.39. The molecular formula is C19H18LiOSi. The Labute approximate surface area is 147 Å². The number of fused-ring (bicyclic) bond motifs is 2. The molecule has 4 rings (SSSR count). The Balaban J connectivity index is 0.000000960. The Hall–Kier alpha value is -1.31. The molecule has 0 N–H and O–H groups in total. The number of hydrogen-bond donors (Lipinski definition) is 0. The minimum atomic E-state index is -1.04. The van der Waals surface area contributed by atoms with Crippen LogP contribution in [0, 0.1) is 0 Å². The number of hydrogen-bond acceptors (Lipinski definition) is 1. The molecule has 2 unspecified atom stereocenters. The first-order valence-electron chi connectivity index (χ1n) is 7.33. The zero-order valence-electron chi connectivity index (χ0n) is 14.0. The van der Waals surface area contributed by atoms with E-state index in [2.05, 4.69) is 72.8 Å². The zero-order valence-corrected chi connectivity index (χ0v) is 14.0. The standard InChI is InChI=1S/C19H17OSi.Li.H/c1-20-21(18-12-10-14-6-2-4-8-16(14)18)19-13-11-15-7-3-5-9-17(15)19;;/h2-13,18-19H,1H3;;/q;+1;-1. The van der Waals surface area contributed by atoms with E-state index in [-0.39, 0.29) is 20.3 Å². The molecule has 2 atom stereocenters. The fourth-order valence-corrected chi connectivity index (χ4v) is 6.05. The van der Waals surface area contributed by atoms with Crippen molar-refractivity contribution >= 4 is 21.2 Å². The first-order valence-corrected chi connectivity index (χ1v) is 8.90. The van der Waals surface area contributed by atoms with Gasteiger partial charge in [0.15, 0.2) is 0 Å². The Morgan fingerprint density at radius 2 is 1.27 bits per heavy atom. The summed E-state index contributed by atoms with van der Waals surface area (Å²) in [6, 6.07) is 17.4. The number of rotatable bonds is 3. The van der Waals surface area contributed by atoms with Crippen molar-refractivity contribution in [1.82, 2.24) is 0 Å². The van der Waals surface area contributed by atoms with E-state index in [1.54, 1.807) is 0 Å². The minimum absolute atomic E-state index is 0. The monoisotopic (exact) mass is 297 g/mol. The summed E-state index contributed by atoms with van der Waals surface area (Å²) in [5, 5.41) is 0. The predicted octanol–water partition coefficient (Wildman–Crippen LogP) is 1.44. The molecule has 0 fully saturated rings. The minimum Gasteiger partial charge on any atom is -1.00 e. The summed E-state index contributed by atoms with van der Waals surface area (Å²) in [5.74, 6) is 0. The molecule has 0 saturated carbocycles. The molecule has 2 aromatic carbocycles. The quantitative estimate of drug-likeness (QED) is 0.779. The molecule has 0 amide bonds. The molecule has 0 aromatic heterocycles. The molecule has 0 spiro atoms. The van der Waals surface area contributed by atoms with Crippen molar-refractivity contribution in [3.63, 3.8) is 0 Å². The van der Waals surface area contributed by atoms with Gasteiger partial charge in [-0.1, -0.05) is 72.8 Å². The fraction of sp³-hybridized carbons (Fsp3) is 0.158. The second-order valence-corrected chi connectivity index (χ2v) is 7.99. The van der Waals surface area contributed by atoms with E-state index in [1.165, 1.54) is 22.3 Å². The third-order valence-corrected chi connectivity index (χ3v) is 7.15. The van der Waals surface area contributed by atoms with Gasteiger partial charge < -0.3 is 5.85 Å². The van der Waals surface area contributed by atoms with Gasteiger partial charge in [-0.25, -0.2) is 0 Å². The summed E-state index contributed by atoms with van der Waals surface area (Å²) in [6.07, 6.45) is 9.15. The van der Waals surface area contributed by atoms with Crippen LogP contribution in [0.25, 0.3) is 12.2 Å². The van der Waals surface area contributed by atoms with Crippen LogP contribution in [0.1, 0.15) is 34.8 Å². The third kappa shape index (κ3) is 2.47. The molecule has 2 aliphatic carbocycles. The van der Waals surface area contributed by atoms with Crippen LogP contribution in [-0.4, -0.2) is 16.2 Å². The molecule has 2 aliphatic rings. The van der Waals surface area contributed by atoms with E-state index >= 15 is 0 Å². The van der Waals surface area contributed by atoms with E-state index in [9.17, 15) is 0 Å². The van der Waals surface area contributed by atoms with Gasteiger partial charge >= 0.3 is 18.9 Å². The molecule has 2 aromatic rings. The van der Waals surface area contributed by atoms with Gasteiger partial charge in [0.1, 0.15) is 0 Å². The average molecular weight is 297 g/mol. The van der Waals surface area contributed by atoms with Gasteiger partial charge in [-0.2, -0.15) is 0 Å². The van der Waals surface area contributed by atoms with Crippen LogP contribution >= 0.6 is 0 Å². The maximum Gasteiger partial charge on any atom is 1.00 e. The number of benzene rings is 2. The van der Waals surface area contributed by atoms with Crippen LogP contribution < -0.4 is 18.9 Å². The fourth-order valence-electron chi connectivity index (χ4n) is 3.44. The summed E-state index contributed by atoms with van der Waals surface area (Å²) in [7, 11) is 0.836. The van der Waals surface area contributed by atoms with Crippen LogP contribution in [0.5, 0.6) is 0 Å². The first-order chi connectivity index (χ1) is 10.4. The van der Waals surface area contributed by atoms with Gasteiger partial charge in [-0.05, 0) is 22.3 Å². The molecular weight excluding hydrogens is 279 g/mol. The normalized spacial score (nSPS) is 20.8. The molecule has 3 heteroatoms. The molecule has 22 heavy (non-hydrogen) atoms. The van der Waals surface area contributed by atoms with Crippen molar-refractivity contribution < 1.29 is 24.7 Å². The van der Waals surface area contributed by atoms with E-state index < -0.39 is 9.04 Å². The van der Waals surface area contributed by atoms with Crippen molar-refractivity contribution in [1.29, 1.82) is 0 Å². The molecule has 0 heterocycles. The summed E-state index contributed by atoms with van der Waals surface area (Å²) in [4.78, 5) is 0.